The number of rotatable bonds is 7. The van der Waals surface area contributed by atoms with Crippen LogP contribution in [-0.4, -0.2) is 68.7 Å². The van der Waals surface area contributed by atoms with Crippen LogP contribution in [-0.2, 0) is 13.6 Å². The summed E-state index contributed by atoms with van der Waals surface area (Å²) < 4.78 is 7.87. The van der Waals surface area contributed by atoms with E-state index >= 15 is 0 Å². The van der Waals surface area contributed by atoms with Gasteiger partial charge < -0.3 is 15.0 Å². The third-order valence-electron chi connectivity index (χ3n) is 7.55. The lowest BCUT2D eigenvalue weighted by molar-refractivity contribution is 0.102. The number of aromatic nitrogens is 4. The van der Waals surface area contributed by atoms with Crippen LogP contribution in [0.15, 0.2) is 66.9 Å². The lowest BCUT2D eigenvalue weighted by Crippen LogP contribution is -2.43. The van der Waals surface area contributed by atoms with Gasteiger partial charge >= 0.3 is 0 Å². The largest absolute Gasteiger partial charge is 0.438 e. The van der Waals surface area contributed by atoms with Crippen molar-refractivity contribution in [2.45, 2.75) is 13.5 Å². The molecule has 9 nitrogen and oxygen atoms in total. The summed E-state index contributed by atoms with van der Waals surface area (Å²) in [5.41, 5.74) is 4.61. The van der Waals surface area contributed by atoms with Crippen molar-refractivity contribution in [2.24, 2.45) is 7.05 Å². The van der Waals surface area contributed by atoms with Crippen LogP contribution in [0.25, 0.3) is 22.4 Å². The zero-order valence-electron chi connectivity index (χ0n) is 24.1. The molecule has 5 aromatic rings. The summed E-state index contributed by atoms with van der Waals surface area (Å²) in [5.74, 6) is 0.816. The zero-order valence-corrected chi connectivity index (χ0v) is 25.7. The van der Waals surface area contributed by atoms with Gasteiger partial charge in [0.15, 0.2) is 11.5 Å². The van der Waals surface area contributed by atoms with Crippen LogP contribution < -0.4 is 10.1 Å². The van der Waals surface area contributed by atoms with Gasteiger partial charge in [0, 0.05) is 62.2 Å². The molecule has 1 saturated heterocycles. The molecule has 1 fully saturated rings. The first-order valence-corrected chi connectivity index (χ1v) is 14.7. The van der Waals surface area contributed by atoms with Crippen LogP contribution >= 0.6 is 23.2 Å². The van der Waals surface area contributed by atoms with Crippen molar-refractivity contribution in [3.8, 4) is 23.0 Å². The predicted octanol–water partition coefficient (Wildman–Crippen LogP) is 6.44. The summed E-state index contributed by atoms with van der Waals surface area (Å²) in [6.45, 7) is 7.22. The van der Waals surface area contributed by atoms with Crippen molar-refractivity contribution < 1.29 is 9.53 Å². The van der Waals surface area contributed by atoms with E-state index in [-0.39, 0.29) is 11.5 Å². The lowest BCUT2D eigenvalue weighted by Gasteiger charge is -2.32. The van der Waals surface area contributed by atoms with Crippen molar-refractivity contribution in [3.05, 3.63) is 93.6 Å². The molecule has 0 saturated carbocycles. The number of carbonyl (C=O) groups is 1. The number of hydrogen-bond donors (Lipinski definition) is 1. The van der Waals surface area contributed by atoms with Crippen LogP contribution in [0.4, 0.5) is 5.69 Å². The van der Waals surface area contributed by atoms with E-state index in [1.165, 1.54) is 5.56 Å². The first-order chi connectivity index (χ1) is 20.7. The summed E-state index contributed by atoms with van der Waals surface area (Å²) in [6.07, 6.45) is 1.79. The fraction of sp³-hybridized carbons (Fsp3) is 0.250. The highest BCUT2D eigenvalue weighted by atomic mass is 35.5. The molecule has 0 aliphatic carbocycles. The monoisotopic (exact) mass is 615 g/mol. The minimum atomic E-state index is -0.335. The van der Waals surface area contributed by atoms with Crippen LogP contribution in [0.3, 0.4) is 0 Å². The van der Waals surface area contributed by atoms with Crippen LogP contribution in [0.2, 0.25) is 10.0 Å². The van der Waals surface area contributed by atoms with E-state index < -0.39 is 0 Å². The number of carbonyl (C=O) groups excluding carboxylic acids is 1. The fourth-order valence-electron chi connectivity index (χ4n) is 5.05. The van der Waals surface area contributed by atoms with E-state index in [0.717, 1.165) is 43.9 Å². The van der Waals surface area contributed by atoms with Crippen molar-refractivity contribution in [3.63, 3.8) is 0 Å². The minimum Gasteiger partial charge on any atom is -0.438 e. The van der Waals surface area contributed by atoms with Gasteiger partial charge in [0.25, 0.3) is 5.91 Å². The third-order valence-corrected chi connectivity index (χ3v) is 8.13. The number of piperazine rings is 1. The van der Waals surface area contributed by atoms with Gasteiger partial charge in [-0.1, -0.05) is 29.3 Å². The second kappa shape index (κ2) is 12.3. The van der Waals surface area contributed by atoms with Crippen LogP contribution in [0.1, 0.15) is 21.5 Å². The molecule has 6 rings (SSSR count). The summed E-state index contributed by atoms with van der Waals surface area (Å²) in [7, 11) is 3.96. The van der Waals surface area contributed by atoms with Crippen molar-refractivity contribution in [2.75, 3.05) is 38.5 Å². The molecule has 3 aromatic carbocycles. The number of aryl methyl sites for hydroxylation is 2. The molecule has 0 radical (unpaired) electrons. The Hall–Kier alpha value is -4.02. The predicted molar refractivity (Wildman–Crippen MR) is 170 cm³/mol. The molecule has 43 heavy (non-hydrogen) atoms. The van der Waals surface area contributed by atoms with E-state index in [9.17, 15) is 4.79 Å². The van der Waals surface area contributed by atoms with Crippen molar-refractivity contribution in [1.29, 1.82) is 0 Å². The SMILES string of the molecule is Cc1cc(NC(=O)c2cc(Oc3nc(-c4ccc(Cl)cc4)nc4nn(C)cc34)ccc2Cl)ccc1CN1CCN(C)CC1. The molecule has 1 aliphatic heterocycles. The topological polar surface area (TPSA) is 88.4 Å². The maximum absolute atomic E-state index is 13.4. The van der Waals surface area contributed by atoms with Crippen LogP contribution in [0, 0.1) is 6.92 Å². The fourth-order valence-corrected chi connectivity index (χ4v) is 5.38. The minimum absolute atomic E-state index is 0.285. The molecular formula is C32H31Cl2N7O2. The van der Waals surface area contributed by atoms with Gasteiger partial charge in [-0.3, -0.25) is 14.4 Å². The number of likely N-dealkylation sites (N-methyl/N-ethyl adjacent to an activating group) is 1. The number of benzene rings is 3. The highest BCUT2D eigenvalue weighted by Gasteiger charge is 2.18. The number of nitrogens with one attached hydrogen (secondary N) is 1. The molecule has 0 unspecified atom stereocenters. The smallest absolute Gasteiger partial charge is 0.257 e. The Labute approximate surface area is 260 Å². The van der Waals surface area contributed by atoms with Gasteiger partial charge in [-0.25, -0.2) is 4.98 Å². The molecule has 1 amide bonds. The Morgan fingerprint density at radius 1 is 0.953 bits per heavy atom. The molecule has 2 aromatic heterocycles. The molecule has 1 aliphatic rings. The molecular weight excluding hydrogens is 585 g/mol. The molecule has 11 heteroatoms. The summed E-state index contributed by atoms with van der Waals surface area (Å²) in [6, 6.07) is 18.2. The molecule has 3 heterocycles. The van der Waals surface area contributed by atoms with Gasteiger partial charge in [0.1, 0.15) is 11.1 Å². The Morgan fingerprint density at radius 2 is 1.72 bits per heavy atom. The van der Waals surface area contributed by atoms with E-state index in [2.05, 4.69) is 50.2 Å². The average Bonchev–Trinajstić information content (AvgIpc) is 3.37. The third kappa shape index (κ3) is 6.65. The van der Waals surface area contributed by atoms with Gasteiger partial charge in [-0.2, -0.15) is 10.1 Å². The van der Waals surface area contributed by atoms with Gasteiger partial charge in [-0.05, 0) is 79.7 Å². The highest BCUT2D eigenvalue weighted by molar-refractivity contribution is 6.34. The number of fused-ring (bicyclic) bond motifs is 1. The average molecular weight is 617 g/mol. The number of halogens is 2. The maximum atomic E-state index is 13.4. The normalized spacial score (nSPS) is 14.3. The number of amides is 1. The zero-order chi connectivity index (χ0) is 30.1. The number of hydrogen-bond acceptors (Lipinski definition) is 7. The number of ether oxygens (including phenoxy) is 1. The second-order valence-electron chi connectivity index (χ2n) is 10.8. The van der Waals surface area contributed by atoms with E-state index in [1.54, 1.807) is 48.3 Å². The quantitative estimate of drug-likeness (QED) is 0.225. The number of nitrogens with zero attached hydrogens (tertiary/aromatic N) is 6. The molecule has 1 N–H and O–H groups in total. The summed E-state index contributed by atoms with van der Waals surface area (Å²) in [4.78, 5) is 27.4. The Balaban J connectivity index is 1.21. The molecule has 0 atom stereocenters. The van der Waals surface area contributed by atoms with E-state index in [0.29, 0.717) is 44.2 Å². The highest BCUT2D eigenvalue weighted by Crippen LogP contribution is 2.32. The summed E-state index contributed by atoms with van der Waals surface area (Å²) in [5, 5.41) is 8.99. The first-order valence-electron chi connectivity index (χ1n) is 14.0. The van der Waals surface area contributed by atoms with Crippen molar-refractivity contribution >= 4 is 45.8 Å². The van der Waals surface area contributed by atoms with E-state index in [1.807, 2.05) is 24.3 Å². The van der Waals surface area contributed by atoms with Gasteiger partial charge in [0.05, 0.1) is 10.6 Å². The lowest BCUT2D eigenvalue weighted by atomic mass is 10.1. The number of anilines is 1. The molecule has 0 bridgehead atoms. The van der Waals surface area contributed by atoms with Crippen LogP contribution in [0.5, 0.6) is 11.6 Å². The standard InChI is InChI=1S/C32H31Cl2N7O2/c1-20-16-24(9-6-22(20)18-41-14-12-39(2)13-15-41)35-31(42)26-17-25(10-11-28(26)34)43-32-27-19-40(3)38-30(27)36-29(37-32)21-4-7-23(33)8-5-21/h4-11,16-17,19H,12-15,18H2,1-3H3,(H,35,42). The summed E-state index contributed by atoms with van der Waals surface area (Å²) >= 11 is 12.5. The second-order valence-corrected chi connectivity index (χ2v) is 11.7. The first kappa shape index (κ1) is 29.1. The Kier molecular flexibility index (Phi) is 8.32. The maximum Gasteiger partial charge on any atom is 0.257 e. The molecule has 0 spiro atoms. The van der Waals surface area contributed by atoms with Gasteiger partial charge in [0.2, 0.25) is 5.88 Å². The Bertz CT molecular complexity index is 1800. The van der Waals surface area contributed by atoms with Crippen molar-refractivity contribution in [1.82, 2.24) is 29.5 Å². The van der Waals surface area contributed by atoms with Gasteiger partial charge in [-0.15, -0.1) is 0 Å². The van der Waals surface area contributed by atoms with E-state index in [4.69, 9.17) is 27.9 Å². The Morgan fingerprint density at radius 3 is 2.47 bits per heavy atom. The molecule has 220 valence electrons.